The number of carbonyl (C=O) groups excluding carboxylic acids is 4. The zero-order valence-corrected chi connectivity index (χ0v) is 19.5. The van der Waals surface area contributed by atoms with Crippen LogP contribution in [0.25, 0.3) is 0 Å². The molecule has 0 saturated heterocycles. The average molecular weight is 492 g/mol. The van der Waals surface area contributed by atoms with Crippen LogP contribution in [0.1, 0.15) is 34.6 Å². The lowest BCUT2D eigenvalue weighted by Gasteiger charge is -2.27. The Morgan fingerprint density at radius 2 is 1.29 bits per heavy atom. The molecule has 2 N–H and O–H groups in total. The lowest BCUT2D eigenvalue weighted by atomic mass is 10.1. The molecule has 3 atom stereocenters. The van der Waals surface area contributed by atoms with E-state index in [1.807, 2.05) is 19.2 Å². The summed E-state index contributed by atoms with van der Waals surface area (Å²) in [7, 11) is 0. The number of carbonyl (C=O) groups is 4. The van der Waals surface area contributed by atoms with Gasteiger partial charge in [0.15, 0.2) is 12.2 Å². The first-order valence-electron chi connectivity index (χ1n) is 10.6. The Labute approximate surface area is 202 Å². The van der Waals surface area contributed by atoms with Gasteiger partial charge in [-0.25, -0.2) is 14.4 Å². The second-order valence-electron chi connectivity index (χ2n) is 7.63. The Balaban J connectivity index is 2.30. The van der Waals surface area contributed by atoms with Crippen molar-refractivity contribution in [3.05, 3.63) is 71.8 Å². The maximum atomic E-state index is 12.9. The van der Waals surface area contributed by atoms with Crippen LogP contribution in [0.3, 0.4) is 0 Å². The number of hydrogen-bond donors (Lipinski definition) is 1. The Hall–Kier alpha value is -3.43. The highest BCUT2D eigenvalue weighted by Crippen LogP contribution is 2.15. The summed E-state index contributed by atoms with van der Waals surface area (Å²) in [4.78, 5) is 49.9. The van der Waals surface area contributed by atoms with Crippen LogP contribution < -0.4 is 10.4 Å². The van der Waals surface area contributed by atoms with E-state index in [1.54, 1.807) is 36.4 Å². The Morgan fingerprint density at radius 3 is 1.71 bits per heavy atom. The van der Waals surface area contributed by atoms with Crippen LogP contribution in [0.15, 0.2) is 60.7 Å². The van der Waals surface area contributed by atoms with Crippen molar-refractivity contribution in [2.45, 2.75) is 38.2 Å². The van der Waals surface area contributed by atoms with Crippen molar-refractivity contribution in [2.75, 3.05) is 12.4 Å². The minimum Gasteiger partial charge on any atom is -0.546 e. The topological polar surface area (TPSA) is 136 Å². The zero-order valence-electron chi connectivity index (χ0n) is 18.7. The molecule has 0 bridgehead atoms. The van der Waals surface area contributed by atoms with Gasteiger partial charge in [0.05, 0.1) is 29.0 Å². The number of quaternary nitrogens is 1. The third-order valence-corrected chi connectivity index (χ3v) is 4.90. The lowest BCUT2D eigenvalue weighted by molar-refractivity contribution is -0.687. The SMILES string of the molecule is CC(C)[NH2+]C[C@H](CCl)OC(=O)[C@H](OC(=O)c1ccccc1)[C@@H](OC(=O)c1ccccc1)C(=O)[O-]. The third-order valence-electron chi connectivity index (χ3n) is 4.55. The van der Waals surface area contributed by atoms with Crippen LogP contribution in [0.2, 0.25) is 0 Å². The summed E-state index contributed by atoms with van der Waals surface area (Å²) in [6.07, 6.45) is -5.21. The molecule has 9 nitrogen and oxygen atoms in total. The van der Waals surface area contributed by atoms with Crippen LogP contribution in [-0.4, -0.2) is 60.7 Å². The molecule has 0 unspecified atom stereocenters. The van der Waals surface area contributed by atoms with E-state index in [0.29, 0.717) is 0 Å². The van der Waals surface area contributed by atoms with Crippen molar-refractivity contribution in [3.8, 4) is 0 Å². The first-order chi connectivity index (χ1) is 16.2. The Kier molecular flexibility index (Phi) is 10.5. The van der Waals surface area contributed by atoms with Gasteiger partial charge in [0.25, 0.3) is 0 Å². The molecule has 10 heteroatoms. The number of alkyl halides is 1. The molecule has 0 aliphatic heterocycles. The van der Waals surface area contributed by atoms with E-state index in [9.17, 15) is 24.3 Å². The maximum Gasteiger partial charge on any atom is 0.352 e. The van der Waals surface area contributed by atoms with E-state index in [2.05, 4.69) is 0 Å². The number of nitrogens with two attached hydrogens (primary N) is 1. The number of aliphatic carboxylic acids is 1. The first kappa shape index (κ1) is 26.8. The quantitative estimate of drug-likeness (QED) is 0.254. The smallest absolute Gasteiger partial charge is 0.352 e. The second kappa shape index (κ2) is 13.3. The van der Waals surface area contributed by atoms with Gasteiger partial charge in [-0.3, -0.25) is 0 Å². The van der Waals surface area contributed by atoms with Crippen LogP contribution in [0.5, 0.6) is 0 Å². The summed E-state index contributed by atoms with van der Waals surface area (Å²) in [6, 6.07) is 15.3. The molecular formula is C24H26ClNO8. The third kappa shape index (κ3) is 8.17. The maximum absolute atomic E-state index is 12.9. The van der Waals surface area contributed by atoms with E-state index >= 15 is 0 Å². The van der Waals surface area contributed by atoms with E-state index in [4.69, 9.17) is 25.8 Å². The number of carboxylic acids is 1. The number of carboxylic acid groups (broad SMARTS) is 1. The van der Waals surface area contributed by atoms with Gasteiger partial charge in [0.2, 0.25) is 6.10 Å². The fraction of sp³-hybridized carbons (Fsp3) is 0.333. The lowest BCUT2D eigenvalue weighted by Crippen LogP contribution is -2.90. The number of benzene rings is 2. The predicted molar refractivity (Wildman–Crippen MR) is 119 cm³/mol. The molecule has 0 spiro atoms. The molecule has 34 heavy (non-hydrogen) atoms. The van der Waals surface area contributed by atoms with E-state index < -0.39 is 42.2 Å². The number of ether oxygens (including phenoxy) is 3. The van der Waals surface area contributed by atoms with E-state index in [0.717, 1.165) is 0 Å². The Bertz CT molecular complexity index is 967. The van der Waals surface area contributed by atoms with Crippen molar-refractivity contribution < 1.29 is 43.8 Å². The summed E-state index contributed by atoms with van der Waals surface area (Å²) in [5, 5.41) is 13.7. The minimum absolute atomic E-state index is 0.0282. The molecule has 2 rings (SSSR count). The zero-order chi connectivity index (χ0) is 25.1. The molecule has 0 radical (unpaired) electrons. The molecule has 2 aromatic rings. The number of halogens is 1. The molecule has 0 aromatic heterocycles. The van der Waals surface area contributed by atoms with Gasteiger partial charge in [-0.2, -0.15) is 0 Å². The summed E-state index contributed by atoms with van der Waals surface area (Å²) >= 11 is 5.89. The normalized spacial score (nSPS) is 13.4. The minimum atomic E-state index is -2.27. The van der Waals surface area contributed by atoms with Crippen molar-refractivity contribution in [2.24, 2.45) is 0 Å². The predicted octanol–water partition coefficient (Wildman–Crippen LogP) is 0.310. The molecule has 0 heterocycles. The van der Waals surface area contributed by atoms with Crippen molar-refractivity contribution in [3.63, 3.8) is 0 Å². The summed E-state index contributed by atoms with van der Waals surface area (Å²) in [6.45, 7) is 4.13. The molecule has 0 fully saturated rings. The highest BCUT2D eigenvalue weighted by molar-refractivity contribution is 6.18. The van der Waals surface area contributed by atoms with Gasteiger partial charge < -0.3 is 29.4 Å². The molecular weight excluding hydrogens is 466 g/mol. The molecule has 0 amide bonds. The first-order valence-corrected chi connectivity index (χ1v) is 11.1. The monoisotopic (exact) mass is 491 g/mol. The van der Waals surface area contributed by atoms with Gasteiger partial charge in [-0.05, 0) is 38.1 Å². The van der Waals surface area contributed by atoms with Crippen molar-refractivity contribution in [1.29, 1.82) is 0 Å². The Morgan fingerprint density at radius 1 is 0.824 bits per heavy atom. The number of hydrogen-bond acceptors (Lipinski definition) is 8. The van der Waals surface area contributed by atoms with Gasteiger partial charge >= 0.3 is 17.9 Å². The van der Waals surface area contributed by atoms with Crippen molar-refractivity contribution in [1.82, 2.24) is 0 Å². The fourth-order valence-electron chi connectivity index (χ4n) is 2.78. The second-order valence-corrected chi connectivity index (χ2v) is 7.94. The largest absolute Gasteiger partial charge is 0.546 e. The van der Waals surface area contributed by atoms with E-state index in [-0.39, 0.29) is 29.6 Å². The highest BCUT2D eigenvalue weighted by Gasteiger charge is 2.39. The standard InChI is InChI=1S/C24H26ClNO8/c1-15(2)26-14-18(13-25)32-24(31)20(34-23(30)17-11-7-4-8-12-17)19(21(27)28)33-22(29)16-9-5-3-6-10-16/h3-12,15,18-20,26H,13-14H2,1-2H3,(H,27,28)/t18-,19+,20+/m0/s1. The molecule has 182 valence electrons. The van der Waals surface area contributed by atoms with Gasteiger partial charge in [-0.1, -0.05) is 36.4 Å². The molecule has 0 aliphatic rings. The highest BCUT2D eigenvalue weighted by atomic mass is 35.5. The van der Waals surface area contributed by atoms with Crippen LogP contribution in [0.4, 0.5) is 0 Å². The average Bonchev–Trinajstić information content (AvgIpc) is 2.84. The number of rotatable bonds is 12. The van der Waals surface area contributed by atoms with Crippen LogP contribution in [0, 0.1) is 0 Å². The van der Waals surface area contributed by atoms with Crippen molar-refractivity contribution >= 4 is 35.5 Å². The van der Waals surface area contributed by atoms with Gasteiger partial charge in [0.1, 0.15) is 6.54 Å². The fourth-order valence-corrected chi connectivity index (χ4v) is 2.97. The molecule has 2 aromatic carbocycles. The van der Waals surface area contributed by atoms with Crippen LogP contribution in [-0.2, 0) is 23.8 Å². The number of esters is 3. The molecule has 0 aliphatic carbocycles. The van der Waals surface area contributed by atoms with E-state index in [1.165, 1.54) is 24.3 Å². The van der Waals surface area contributed by atoms with Gasteiger partial charge in [-0.15, -0.1) is 11.6 Å². The van der Waals surface area contributed by atoms with Crippen LogP contribution >= 0.6 is 11.6 Å². The summed E-state index contributed by atoms with van der Waals surface area (Å²) in [5.41, 5.74) is 0.0780. The summed E-state index contributed by atoms with van der Waals surface area (Å²) in [5.74, 6) is -5.33. The summed E-state index contributed by atoms with van der Waals surface area (Å²) < 4.78 is 15.5. The molecule has 0 saturated carbocycles. The van der Waals surface area contributed by atoms with Gasteiger partial charge in [0, 0.05) is 0 Å².